The molecule has 24 heavy (non-hydrogen) atoms. The number of carbonyl (C=O) groups excluding carboxylic acids is 2. The molecular weight excluding hydrogens is 332 g/mol. The molecule has 6 nitrogen and oxygen atoms in total. The summed E-state index contributed by atoms with van der Waals surface area (Å²) >= 11 is 5.96. The summed E-state index contributed by atoms with van der Waals surface area (Å²) < 4.78 is 10.3. The highest BCUT2D eigenvalue weighted by Crippen LogP contribution is 2.27. The van der Waals surface area contributed by atoms with Crippen molar-refractivity contribution >= 4 is 29.2 Å². The largest absolute Gasteiger partial charge is 0.495 e. The second-order valence-corrected chi connectivity index (χ2v) is 6.13. The van der Waals surface area contributed by atoms with Gasteiger partial charge in [0.2, 0.25) is 5.91 Å². The third-order valence-electron chi connectivity index (χ3n) is 4.01. The van der Waals surface area contributed by atoms with E-state index in [1.54, 1.807) is 25.3 Å². The van der Waals surface area contributed by atoms with Crippen LogP contribution >= 0.6 is 11.6 Å². The molecule has 0 spiro atoms. The smallest absolute Gasteiger partial charge is 0.309 e. The molecule has 0 bridgehead atoms. The summed E-state index contributed by atoms with van der Waals surface area (Å²) in [6.45, 7) is 3.88. The van der Waals surface area contributed by atoms with Gasteiger partial charge in [-0.25, -0.2) is 0 Å². The van der Waals surface area contributed by atoms with Gasteiger partial charge < -0.3 is 14.8 Å². The lowest BCUT2D eigenvalue weighted by atomic mass is 9.97. The van der Waals surface area contributed by atoms with Crippen LogP contribution in [-0.2, 0) is 14.3 Å². The molecule has 1 fully saturated rings. The topological polar surface area (TPSA) is 67.9 Å². The van der Waals surface area contributed by atoms with Gasteiger partial charge in [-0.2, -0.15) is 0 Å². The number of ether oxygens (including phenoxy) is 2. The van der Waals surface area contributed by atoms with Gasteiger partial charge in [0.25, 0.3) is 0 Å². The first kappa shape index (κ1) is 18.5. The van der Waals surface area contributed by atoms with Crippen molar-refractivity contribution in [1.82, 2.24) is 4.90 Å². The average Bonchev–Trinajstić information content (AvgIpc) is 2.56. The van der Waals surface area contributed by atoms with Crippen molar-refractivity contribution in [3.05, 3.63) is 23.2 Å². The zero-order valence-electron chi connectivity index (χ0n) is 14.0. The third-order valence-corrected chi connectivity index (χ3v) is 4.25. The summed E-state index contributed by atoms with van der Waals surface area (Å²) in [5, 5.41) is 3.35. The summed E-state index contributed by atoms with van der Waals surface area (Å²) in [7, 11) is 1.54. The number of hydrogen-bond acceptors (Lipinski definition) is 5. The lowest BCUT2D eigenvalue weighted by Crippen LogP contribution is -2.41. The second kappa shape index (κ2) is 8.89. The minimum atomic E-state index is -0.134. The number of esters is 1. The van der Waals surface area contributed by atoms with Crippen molar-refractivity contribution < 1.29 is 19.1 Å². The number of piperidine rings is 1. The van der Waals surface area contributed by atoms with Gasteiger partial charge >= 0.3 is 5.97 Å². The highest BCUT2D eigenvalue weighted by molar-refractivity contribution is 6.31. The van der Waals surface area contributed by atoms with Gasteiger partial charge in [0.1, 0.15) is 5.75 Å². The van der Waals surface area contributed by atoms with Gasteiger partial charge in [0, 0.05) is 5.02 Å². The van der Waals surface area contributed by atoms with E-state index in [4.69, 9.17) is 21.1 Å². The molecule has 1 N–H and O–H groups in total. The molecule has 1 amide bonds. The molecule has 0 aliphatic carbocycles. The Balaban J connectivity index is 1.84. The van der Waals surface area contributed by atoms with E-state index >= 15 is 0 Å². The Morgan fingerprint density at radius 3 is 2.67 bits per heavy atom. The standard InChI is InChI=1S/C17H23ClN2O4/c1-3-24-17(22)12-6-8-20(9-7-12)11-16(21)19-14-10-13(18)4-5-15(14)23-2/h4-5,10,12H,3,6-9,11H2,1-2H3,(H,19,21). The molecular formula is C17H23ClN2O4. The first-order chi connectivity index (χ1) is 11.5. The molecule has 7 heteroatoms. The number of nitrogens with zero attached hydrogens (tertiary/aromatic N) is 1. The van der Waals surface area contributed by atoms with Gasteiger partial charge in [-0.3, -0.25) is 14.5 Å². The number of likely N-dealkylation sites (tertiary alicyclic amines) is 1. The van der Waals surface area contributed by atoms with E-state index in [1.807, 2.05) is 11.8 Å². The van der Waals surface area contributed by atoms with Crippen LogP contribution in [0, 0.1) is 5.92 Å². The molecule has 2 rings (SSSR count). The molecule has 1 saturated heterocycles. The first-order valence-electron chi connectivity index (χ1n) is 8.05. The maximum absolute atomic E-state index is 12.2. The van der Waals surface area contributed by atoms with Crippen LogP contribution in [0.1, 0.15) is 19.8 Å². The summed E-state index contributed by atoms with van der Waals surface area (Å²) in [4.78, 5) is 26.0. The van der Waals surface area contributed by atoms with Crippen LogP contribution in [0.3, 0.4) is 0 Å². The normalized spacial score (nSPS) is 15.8. The number of carbonyl (C=O) groups is 2. The minimum absolute atomic E-state index is 0.0581. The predicted molar refractivity (Wildman–Crippen MR) is 92.4 cm³/mol. The van der Waals surface area contributed by atoms with Crippen LogP contribution in [0.5, 0.6) is 5.75 Å². The molecule has 1 aromatic carbocycles. The van der Waals surface area contributed by atoms with Crippen molar-refractivity contribution in [2.24, 2.45) is 5.92 Å². The third kappa shape index (κ3) is 5.11. The van der Waals surface area contributed by atoms with Crippen LogP contribution < -0.4 is 10.1 Å². The fraction of sp³-hybridized carbons (Fsp3) is 0.529. The SMILES string of the molecule is CCOC(=O)C1CCN(CC(=O)Nc2cc(Cl)ccc2OC)CC1. The summed E-state index contributed by atoms with van der Waals surface area (Å²) in [5.41, 5.74) is 0.552. The summed E-state index contributed by atoms with van der Waals surface area (Å²) in [6, 6.07) is 5.07. The quantitative estimate of drug-likeness (QED) is 0.795. The number of benzene rings is 1. The number of nitrogens with one attached hydrogen (secondary N) is 1. The van der Waals surface area contributed by atoms with Crippen molar-refractivity contribution in [3.63, 3.8) is 0 Å². The van der Waals surface area contributed by atoms with E-state index in [-0.39, 0.29) is 24.3 Å². The average molecular weight is 355 g/mol. The lowest BCUT2D eigenvalue weighted by molar-refractivity contribution is -0.149. The molecule has 0 saturated carbocycles. The van der Waals surface area contributed by atoms with E-state index in [1.165, 1.54) is 0 Å². The molecule has 1 aliphatic rings. The van der Waals surface area contributed by atoms with E-state index in [0.717, 1.165) is 0 Å². The maximum Gasteiger partial charge on any atom is 0.309 e. The highest BCUT2D eigenvalue weighted by Gasteiger charge is 2.26. The van der Waals surface area contributed by atoms with Crippen molar-refractivity contribution in [3.8, 4) is 5.75 Å². The molecule has 0 radical (unpaired) electrons. The fourth-order valence-corrected chi connectivity index (χ4v) is 2.93. The second-order valence-electron chi connectivity index (χ2n) is 5.70. The van der Waals surface area contributed by atoms with Crippen LogP contribution in [0.15, 0.2) is 18.2 Å². The van der Waals surface area contributed by atoms with E-state index in [0.29, 0.717) is 49.0 Å². The van der Waals surface area contributed by atoms with Crippen LogP contribution in [0.4, 0.5) is 5.69 Å². The number of amides is 1. The zero-order chi connectivity index (χ0) is 17.5. The number of anilines is 1. The van der Waals surface area contributed by atoms with Crippen LogP contribution in [0.2, 0.25) is 5.02 Å². The van der Waals surface area contributed by atoms with Gasteiger partial charge in [-0.15, -0.1) is 0 Å². The number of hydrogen-bond donors (Lipinski definition) is 1. The van der Waals surface area contributed by atoms with Gasteiger partial charge in [-0.05, 0) is 51.1 Å². The number of halogens is 1. The van der Waals surface area contributed by atoms with E-state index < -0.39 is 0 Å². The van der Waals surface area contributed by atoms with Crippen molar-refractivity contribution in [2.75, 3.05) is 38.7 Å². The van der Waals surface area contributed by atoms with Crippen LogP contribution in [-0.4, -0.2) is 50.1 Å². The monoisotopic (exact) mass is 354 g/mol. The molecule has 132 valence electrons. The van der Waals surface area contributed by atoms with Crippen LogP contribution in [0.25, 0.3) is 0 Å². The van der Waals surface area contributed by atoms with Gasteiger partial charge in [-0.1, -0.05) is 11.6 Å². The molecule has 0 unspecified atom stereocenters. The zero-order valence-corrected chi connectivity index (χ0v) is 14.8. The molecule has 1 aromatic rings. The molecule has 1 heterocycles. The van der Waals surface area contributed by atoms with Gasteiger partial charge in [0.15, 0.2) is 0 Å². The first-order valence-corrected chi connectivity index (χ1v) is 8.43. The Labute approximate surface area is 147 Å². The van der Waals surface area contributed by atoms with Gasteiger partial charge in [0.05, 0.1) is 31.9 Å². The Hall–Kier alpha value is -1.79. The van der Waals surface area contributed by atoms with Crippen molar-refractivity contribution in [2.45, 2.75) is 19.8 Å². The lowest BCUT2D eigenvalue weighted by Gasteiger charge is -2.30. The maximum atomic E-state index is 12.2. The molecule has 0 atom stereocenters. The summed E-state index contributed by atoms with van der Waals surface area (Å²) in [5.74, 6) is 0.237. The molecule has 1 aliphatic heterocycles. The Morgan fingerprint density at radius 1 is 1.33 bits per heavy atom. The Morgan fingerprint density at radius 2 is 2.04 bits per heavy atom. The predicted octanol–water partition coefficient (Wildman–Crippen LogP) is 2.56. The fourth-order valence-electron chi connectivity index (χ4n) is 2.76. The van der Waals surface area contributed by atoms with E-state index in [9.17, 15) is 9.59 Å². The minimum Gasteiger partial charge on any atom is -0.495 e. The highest BCUT2D eigenvalue weighted by atomic mass is 35.5. The van der Waals surface area contributed by atoms with E-state index in [2.05, 4.69) is 5.32 Å². The Kier molecular flexibility index (Phi) is 6.87. The summed E-state index contributed by atoms with van der Waals surface area (Å²) in [6.07, 6.45) is 1.43. The molecule has 0 aromatic heterocycles. The number of rotatable bonds is 6. The number of methoxy groups -OCH3 is 1. The van der Waals surface area contributed by atoms with Crippen molar-refractivity contribution in [1.29, 1.82) is 0 Å². The Bertz CT molecular complexity index is 586.